The van der Waals surface area contributed by atoms with E-state index in [0.717, 1.165) is 11.4 Å². The van der Waals surface area contributed by atoms with Crippen LogP contribution in [0.1, 0.15) is 24.0 Å². The highest BCUT2D eigenvalue weighted by Crippen LogP contribution is 2.21. The van der Waals surface area contributed by atoms with E-state index < -0.39 is 12.0 Å². The Morgan fingerprint density at radius 1 is 1.56 bits per heavy atom. The Balaban J connectivity index is 2.30. The largest absolute Gasteiger partial charge is 0.481 e. The molecule has 1 unspecified atom stereocenters. The number of H-pyrrole nitrogens is 1. The fourth-order valence-corrected chi connectivity index (χ4v) is 1.70. The first kappa shape index (κ1) is 12.3. The highest BCUT2D eigenvalue weighted by atomic mass is 16.4. The summed E-state index contributed by atoms with van der Waals surface area (Å²) in [5, 5.41) is 8.70. The number of imidazole rings is 1. The molecule has 0 aliphatic heterocycles. The monoisotopic (exact) mass is 246 g/mol. The van der Waals surface area contributed by atoms with Gasteiger partial charge in [-0.2, -0.15) is 0 Å². The van der Waals surface area contributed by atoms with Crippen molar-refractivity contribution in [2.75, 3.05) is 0 Å². The Labute approximate surface area is 104 Å². The topological polar surface area (TPSA) is 105 Å². The van der Waals surface area contributed by atoms with Crippen LogP contribution < -0.4 is 5.73 Å². The summed E-state index contributed by atoms with van der Waals surface area (Å²) in [6.45, 7) is 1.86. The molecule has 4 N–H and O–H groups in total. The minimum Gasteiger partial charge on any atom is -0.481 e. The summed E-state index contributed by atoms with van der Waals surface area (Å²) in [6.07, 6.45) is 1.52. The average Bonchev–Trinajstić information content (AvgIpc) is 2.72. The number of pyridine rings is 1. The van der Waals surface area contributed by atoms with Crippen molar-refractivity contribution >= 4 is 5.97 Å². The van der Waals surface area contributed by atoms with Crippen molar-refractivity contribution in [2.24, 2.45) is 5.73 Å². The van der Waals surface area contributed by atoms with Gasteiger partial charge in [-0.05, 0) is 19.1 Å². The van der Waals surface area contributed by atoms with E-state index in [9.17, 15) is 4.79 Å². The second kappa shape index (κ2) is 4.97. The van der Waals surface area contributed by atoms with E-state index in [1.165, 1.54) is 0 Å². The Morgan fingerprint density at radius 2 is 2.33 bits per heavy atom. The van der Waals surface area contributed by atoms with Gasteiger partial charge in [0.05, 0.1) is 18.2 Å². The predicted octanol–water partition coefficient (Wildman–Crippen LogP) is 1.25. The first-order valence-corrected chi connectivity index (χ1v) is 5.53. The lowest BCUT2D eigenvalue weighted by atomic mass is 10.2. The summed E-state index contributed by atoms with van der Waals surface area (Å²) in [5.74, 6) is -0.480. The molecule has 6 heteroatoms. The van der Waals surface area contributed by atoms with Gasteiger partial charge in [0.25, 0.3) is 0 Å². The number of aryl methyl sites for hydroxylation is 1. The molecule has 2 rings (SSSR count). The fraction of sp³-hybridized carbons (Fsp3) is 0.250. The van der Waals surface area contributed by atoms with Crippen LogP contribution in [-0.4, -0.2) is 26.0 Å². The molecule has 2 aromatic heterocycles. The van der Waals surface area contributed by atoms with Crippen molar-refractivity contribution < 1.29 is 9.90 Å². The normalized spacial score (nSPS) is 12.3. The zero-order valence-electron chi connectivity index (χ0n) is 9.92. The third kappa shape index (κ3) is 2.54. The van der Waals surface area contributed by atoms with E-state index in [1.54, 1.807) is 6.20 Å². The van der Waals surface area contributed by atoms with Crippen molar-refractivity contribution in [3.63, 3.8) is 0 Å². The molecule has 0 saturated carbocycles. The van der Waals surface area contributed by atoms with Crippen LogP contribution in [0.2, 0.25) is 0 Å². The average molecular weight is 246 g/mol. The summed E-state index contributed by atoms with van der Waals surface area (Å²) in [4.78, 5) is 22.1. The van der Waals surface area contributed by atoms with E-state index in [1.807, 2.05) is 25.1 Å². The van der Waals surface area contributed by atoms with Gasteiger partial charge in [0, 0.05) is 11.9 Å². The van der Waals surface area contributed by atoms with Crippen LogP contribution in [0.5, 0.6) is 0 Å². The molecular formula is C12H14N4O2. The lowest BCUT2D eigenvalue weighted by Crippen LogP contribution is -2.16. The number of hydrogen-bond acceptors (Lipinski definition) is 4. The van der Waals surface area contributed by atoms with Crippen LogP contribution in [0.15, 0.2) is 24.4 Å². The summed E-state index contributed by atoms with van der Waals surface area (Å²) in [6, 6.07) is 4.89. The van der Waals surface area contributed by atoms with Gasteiger partial charge in [0.15, 0.2) is 0 Å². The van der Waals surface area contributed by atoms with E-state index >= 15 is 0 Å². The molecule has 0 aromatic carbocycles. The Bertz CT molecular complexity index is 550. The fourth-order valence-electron chi connectivity index (χ4n) is 1.70. The molecule has 0 spiro atoms. The molecule has 1 atom stereocenters. The van der Waals surface area contributed by atoms with Gasteiger partial charge in [-0.1, -0.05) is 6.07 Å². The van der Waals surface area contributed by atoms with Crippen molar-refractivity contribution in [3.8, 4) is 11.4 Å². The Kier molecular flexibility index (Phi) is 3.38. The summed E-state index contributed by atoms with van der Waals surface area (Å²) in [5.41, 5.74) is 8.02. The van der Waals surface area contributed by atoms with Gasteiger partial charge < -0.3 is 15.8 Å². The van der Waals surface area contributed by atoms with Gasteiger partial charge >= 0.3 is 5.97 Å². The van der Waals surface area contributed by atoms with Crippen molar-refractivity contribution in [1.82, 2.24) is 15.0 Å². The molecule has 18 heavy (non-hydrogen) atoms. The van der Waals surface area contributed by atoms with E-state index in [0.29, 0.717) is 11.5 Å². The smallest absolute Gasteiger partial charge is 0.305 e. The molecule has 0 fully saturated rings. The van der Waals surface area contributed by atoms with Crippen molar-refractivity contribution in [3.05, 3.63) is 35.9 Å². The minimum absolute atomic E-state index is 0.158. The van der Waals surface area contributed by atoms with Crippen LogP contribution in [0.25, 0.3) is 11.4 Å². The lowest BCUT2D eigenvalue weighted by molar-refractivity contribution is -0.137. The van der Waals surface area contributed by atoms with Crippen molar-refractivity contribution in [2.45, 2.75) is 19.4 Å². The summed E-state index contributed by atoms with van der Waals surface area (Å²) in [7, 11) is 0. The zero-order chi connectivity index (χ0) is 13.1. The van der Waals surface area contributed by atoms with Crippen LogP contribution in [0, 0.1) is 6.92 Å². The molecule has 94 valence electrons. The predicted molar refractivity (Wildman–Crippen MR) is 65.7 cm³/mol. The second-order valence-corrected chi connectivity index (χ2v) is 4.01. The maximum atomic E-state index is 10.6. The van der Waals surface area contributed by atoms with Crippen LogP contribution >= 0.6 is 0 Å². The Morgan fingerprint density at radius 3 is 2.94 bits per heavy atom. The van der Waals surface area contributed by atoms with Gasteiger partial charge in [-0.3, -0.25) is 9.78 Å². The number of carboxylic acids is 1. The second-order valence-electron chi connectivity index (χ2n) is 4.01. The molecule has 0 aliphatic rings. The lowest BCUT2D eigenvalue weighted by Gasteiger charge is -2.03. The number of nitrogens with one attached hydrogen (secondary N) is 1. The number of aliphatic carboxylic acids is 1. The number of carboxylic acid groups (broad SMARTS) is 1. The molecule has 0 aliphatic carbocycles. The maximum absolute atomic E-state index is 10.6. The number of carbonyl (C=O) groups is 1. The molecule has 0 radical (unpaired) electrons. The number of rotatable bonds is 4. The first-order chi connectivity index (χ1) is 8.58. The van der Waals surface area contributed by atoms with Gasteiger partial charge in [0.2, 0.25) is 0 Å². The van der Waals surface area contributed by atoms with Gasteiger partial charge in [-0.15, -0.1) is 0 Å². The third-order valence-electron chi connectivity index (χ3n) is 2.56. The number of nitrogens with two attached hydrogens (primary N) is 1. The standard InChI is InChI=1S/C12H14N4O2/c1-7-11(9-4-2-3-5-14-9)16-12(15-7)8(13)6-10(17)18/h2-5,8H,6,13H2,1H3,(H,15,16)(H,17,18). The number of hydrogen-bond donors (Lipinski definition) is 3. The summed E-state index contributed by atoms with van der Waals surface area (Å²) < 4.78 is 0. The van der Waals surface area contributed by atoms with E-state index in [4.69, 9.17) is 10.8 Å². The number of aromatic amines is 1. The first-order valence-electron chi connectivity index (χ1n) is 5.53. The van der Waals surface area contributed by atoms with Crippen molar-refractivity contribution in [1.29, 1.82) is 0 Å². The number of aromatic nitrogens is 3. The molecule has 2 aromatic rings. The Hall–Kier alpha value is -2.21. The van der Waals surface area contributed by atoms with Crippen LogP contribution in [-0.2, 0) is 4.79 Å². The molecule has 2 heterocycles. The highest BCUT2D eigenvalue weighted by Gasteiger charge is 2.17. The molecular weight excluding hydrogens is 232 g/mol. The quantitative estimate of drug-likeness (QED) is 0.753. The highest BCUT2D eigenvalue weighted by molar-refractivity contribution is 5.67. The van der Waals surface area contributed by atoms with Crippen LogP contribution in [0.4, 0.5) is 0 Å². The molecule has 0 bridgehead atoms. The SMILES string of the molecule is Cc1[nH]c(C(N)CC(=O)O)nc1-c1ccccn1. The van der Waals surface area contributed by atoms with E-state index in [2.05, 4.69) is 15.0 Å². The zero-order valence-corrected chi connectivity index (χ0v) is 9.92. The van der Waals surface area contributed by atoms with Gasteiger partial charge in [-0.25, -0.2) is 4.98 Å². The molecule has 6 nitrogen and oxygen atoms in total. The van der Waals surface area contributed by atoms with E-state index in [-0.39, 0.29) is 6.42 Å². The van der Waals surface area contributed by atoms with Crippen LogP contribution in [0.3, 0.4) is 0 Å². The maximum Gasteiger partial charge on any atom is 0.305 e. The third-order valence-corrected chi connectivity index (χ3v) is 2.56. The summed E-state index contributed by atoms with van der Waals surface area (Å²) >= 11 is 0. The molecule has 0 saturated heterocycles. The van der Waals surface area contributed by atoms with Gasteiger partial charge in [0.1, 0.15) is 11.5 Å². The number of nitrogens with zero attached hydrogens (tertiary/aromatic N) is 2. The molecule has 0 amide bonds. The minimum atomic E-state index is -0.948.